The Balaban J connectivity index is 1.35. The van der Waals surface area contributed by atoms with E-state index >= 15 is 0 Å². The summed E-state index contributed by atoms with van der Waals surface area (Å²) in [5, 5.41) is 12.9. The second-order valence-electron chi connectivity index (χ2n) is 9.54. The molecule has 184 valence electrons. The summed E-state index contributed by atoms with van der Waals surface area (Å²) in [4.78, 5) is 10.7. The van der Waals surface area contributed by atoms with E-state index in [1.807, 2.05) is 30.3 Å². The number of hydrogen-bond acceptors (Lipinski definition) is 9. The van der Waals surface area contributed by atoms with Gasteiger partial charge in [0.25, 0.3) is 0 Å². The number of hydrogen-bond donors (Lipinski definition) is 1. The fourth-order valence-electron chi connectivity index (χ4n) is 4.40. The van der Waals surface area contributed by atoms with E-state index in [0.29, 0.717) is 11.6 Å². The molecule has 35 heavy (non-hydrogen) atoms. The van der Waals surface area contributed by atoms with E-state index in [2.05, 4.69) is 37.3 Å². The lowest BCUT2D eigenvalue weighted by atomic mass is 10.0. The molecule has 2 aromatic heterocycles. The Morgan fingerprint density at radius 3 is 2.69 bits per heavy atom. The maximum atomic E-state index is 5.88. The van der Waals surface area contributed by atoms with Crippen molar-refractivity contribution in [3.05, 3.63) is 42.7 Å². The van der Waals surface area contributed by atoms with Crippen LogP contribution < -0.4 is 19.7 Å². The Morgan fingerprint density at radius 1 is 1.06 bits per heavy atom. The summed E-state index contributed by atoms with van der Waals surface area (Å²) in [7, 11) is 3.18. The van der Waals surface area contributed by atoms with Gasteiger partial charge in [-0.25, -0.2) is 9.97 Å². The summed E-state index contributed by atoms with van der Waals surface area (Å²) in [6.07, 6.45) is 5.31. The number of nitrogens with zero attached hydrogens (tertiary/aromatic N) is 5. The fraction of sp³-hybridized carbons (Fsp3) is 0.462. The van der Waals surface area contributed by atoms with Crippen LogP contribution in [0.15, 0.2) is 42.7 Å². The predicted molar refractivity (Wildman–Crippen MR) is 134 cm³/mol. The molecule has 1 N–H and O–H groups in total. The molecule has 3 heterocycles. The molecule has 9 heteroatoms. The minimum absolute atomic E-state index is 0.120. The molecule has 3 aromatic rings. The van der Waals surface area contributed by atoms with Gasteiger partial charge in [-0.2, -0.15) is 0 Å². The van der Waals surface area contributed by atoms with Crippen molar-refractivity contribution in [2.75, 3.05) is 45.5 Å². The highest BCUT2D eigenvalue weighted by Gasteiger charge is 2.35. The van der Waals surface area contributed by atoms with Crippen LogP contribution in [0, 0.1) is 5.92 Å². The molecule has 1 aliphatic heterocycles. The van der Waals surface area contributed by atoms with Gasteiger partial charge in [-0.15, -0.1) is 10.2 Å². The average Bonchev–Trinajstić information content (AvgIpc) is 3.66. The third-order valence-electron chi connectivity index (χ3n) is 6.70. The van der Waals surface area contributed by atoms with E-state index in [1.165, 1.54) is 19.2 Å². The zero-order valence-electron chi connectivity index (χ0n) is 20.5. The number of anilines is 1. The number of benzene rings is 1. The summed E-state index contributed by atoms with van der Waals surface area (Å²) < 4.78 is 16.3. The average molecular weight is 477 g/mol. The molecule has 1 saturated heterocycles. The van der Waals surface area contributed by atoms with Crippen molar-refractivity contribution in [1.29, 1.82) is 0 Å². The lowest BCUT2D eigenvalue weighted by Gasteiger charge is -2.26. The lowest BCUT2D eigenvalue weighted by Crippen LogP contribution is -2.45. The van der Waals surface area contributed by atoms with Crippen LogP contribution >= 0.6 is 0 Å². The predicted octanol–water partition coefficient (Wildman–Crippen LogP) is 3.56. The normalized spacial score (nSPS) is 19.7. The molecule has 0 radical (unpaired) electrons. The maximum absolute atomic E-state index is 5.88. The van der Waals surface area contributed by atoms with Crippen LogP contribution in [0.25, 0.3) is 22.5 Å². The van der Waals surface area contributed by atoms with Gasteiger partial charge in [0.15, 0.2) is 12.6 Å². The van der Waals surface area contributed by atoms with E-state index in [9.17, 15) is 0 Å². The van der Waals surface area contributed by atoms with Gasteiger partial charge in [-0.3, -0.25) is 0 Å². The van der Waals surface area contributed by atoms with Crippen molar-refractivity contribution in [3.8, 4) is 34.1 Å². The Morgan fingerprint density at radius 2 is 1.94 bits per heavy atom. The summed E-state index contributed by atoms with van der Waals surface area (Å²) >= 11 is 0. The number of methoxy groups -OCH3 is 2. The van der Waals surface area contributed by atoms with Gasteiger partial charge < -0.3 is 24.4 Å². The van der Waals surface area contributed by atoms with Crippen molar-refractivity contribution in [2.45, 2.75) is 31.7 Å². The Bertz CT molecular complexity index is 1150. The van der Waals surface area contributed by atoms with Gasteiger partial charge in [0.2, 0.25) is 5.88 Å². The first-order chi connectivity index (χ1) is 17.1. The van der Waals surface area contributed by atoms with Crippen LogP contribution in [-0.2, 0) is 4.74 Å². The molecular formula is C26H32N6O3. The quantitative estimate of drug-likeness (QED) is 0.441. The minimum Gasteiger partial charge on any atom is -0.481 e. The van der Waals surface area contributed by atoms with Gasteiger partial charge in [-0.05, 0) is 62.9 Å². The lowest BCUT2D eigenvalue weighted by molar-refractivity contribution is 0.0515. The SMILES string of the molecule is COCOc1cc(-c2cc(OC)ncn2)ccc1-c1ccc(N2CC[C@@](C)(NCC3CC3)C2)nn1. The smallest absolute Gasteiger partial charge is 0.216 e. The number of rotatable bonds is 10. The van der Waals surface area contributed by atoms with Gasteiger partial charge in [-0.1, -0.05) is 6.07 Å². The van der Waals surface area contributed by atoms with Crippen molar-refractivity contribution in [3.63, 3.8) is 0 Å². The molecular weight excluding hydrogens is 444 g/mol. The Hall–Kier alpha value is -3.30. The van der Waals surface area contributed by atoms with E-state index in [0.717, 1.165) is 60.3 Å². The highest BCUT2D eigenvalue weighted by Crippen LogP contribution is 2.35. The Labute approximate surface area is 205 Å². The highest BCUT2D eigenvalue weighted by molar-refractivity contribution is 5.73. The van der Waals surface area contributed by atoms with Crippen molar-refractivity contribution in [2.24, 2.45) is 5.92 Å². The third-order valence-corrected chi connectivity index (χ3v) is 6.70. The molecule has 0 spiro atoms. The van der Waals surface area contributed by atoms with Crippen molar-refractivity contribution >= 4 is 5.82 Å². The largest absolute Gasteiger partial charge is 0.481 e. The molecule has 2 fully saturated rings. The van der Waals surface area contributed by atoms with Gasteiger partial charge in [0.1, 0.15) is 12.1 Å². The number of ether oxygens (including phenoxy) is 3. The van der Waals surface area contributed by atoms with Crippen molar-refractivity contribution < 1.29 is 14.2 Å². The Kier molecular flexibility index (Phi) is 6.79. The second-order valence-corrected chi connectivity index (χ2v) is 9.54. The van der Waals surface area contributed by atoms with E-state index in [-0.39, 0.29) is 12.3 Å². The fourth-order valence-corrected chi connectivity index (χ4v) is 4.40. The highest BCUT2D eigenvalue weighted by atomic mass is 16.7. The van der Waals surface area contributed by atoms with Gasteiger partial charge in [0, 0.05) is 42.9 Å². The molecule has 9 nitrogen and oxygen atoms in total. The zero-order valence-corrected chi connectivity index (χ0v) is 20.5. The second kappa shape index (κ2) is 10.1. The van der Waals surface area contributed by atoms with Crippen LogP contribution in [-0.4, -0.2) is 66.4 Å². The monoisotopic (exact) mass is 476 g/mol. The summed E-state index contributed by atoms with van der Waals surface area (Å²) in [5.41, 5.74) is 3.31. The van der Waals surface area contributed by atoms with Crippen LogP contribution in [0.5, 0.6) is 11.6 Å². The number of aromatic nitrogens is 4. The number of nitrogens with one attached hydrogen (secondary N) is 1. The molecule has 0 amide bonds. The van der Waals surface area contributed by atoms with Crippen LogP contribution in [0.2, 0.25) is 0 Å². The van der Waals surface area contributed by atoms with E-state index in [1.54, 1.807) is 20.3 Å². The summed E-state index contributed by atoms with van der Waals surface area (Å²) in [6, 6.07) is 11.7. The maximum Gasteiger partial charge on any atom is 0.216 e. The molecule has 1 saturated carbocycles. The molecule has 1 aliphatic carbocycles. The molecule has 2 aliphatic rings. The first-order valence-electron chi connectivity index (χ1n) is 12.0. The van der Waals surface area contributed by atoms with E-state index in [4.69, 9.17) is 14.2 Å². The van der Waals surface area contributed by atoms with E-state index < -0.39 is 0 Å². The topological polar surface area (TPSA) is 94.5 Å². The van der Waals surface area contributed by atoms with Crippen LogP contribution in [0.1, 0.15) is 26.2 Å². The van der Waals surface area contributed by atoms with Gasteiger partial charge >= 0.3 is 0 Å². The van der Waals surface area contributed by atoms with Gasteiger partial charge in [0.05, 0.1) is 18.5 Å². The molecule has 0 unspecified atom stereocenters. The molecule has 0 bridgehead atoms. The summed E-state index contributed by atoms with van der Waals surface area (Å²) in [6.45, 7) is 5.46. The molecule has 1 atom stereocenters. The standard InChI is InChI=1S/C26H32N6O3/c1-26(29-14-18-4-5-18)10-11-32(15-26)24-9-8-21(30-31-24)20-7-6-19(12-23(20)35-17-33-2)22-13-25(34-3)28-16-27-22/h6-9,12-13,16,18,29H,4-5,10-11,14-15,17H2,1-3H3/t26-/m1/s1. The zero-order chi connectivity index (χ0) is 24.3. The first-order valence-corrected chi connectivity index (χ1v) is 12.0. The molecule has 1 aromatic carbocycles. The minimum atomic E-state index is 0.120. The van der Waals surface area contributed by atoms with Crippen LogP contribution in [0.4, 0.5) is 5.82 Å². The summed E-state index contributed by atoms with van der Waals surface area (Å²) in [5.74, 6) is 2.91. The van der Waals surface area contributed by atoms with Crippen molar-refractivity contribution in [1.82, 2.24) is 25.5 Å². The first kappa shape index (κ1) is 23.4. The van der Waals surface area contributed by atoms with Crippen LogP contribution in [0.3, 0.4) is 0 Å². The third kappa shape index (κ3) is 5.52. The molecule has 5 rings (SSSR count).